The quantitative estimate of drug-likeness (QED) is 0.381. The first-order valence-corrected chi connectivity index (χ1v) is 9.14. The van der Waals surface area contributed by atoms with Crippen molar-refractivity contribution in [1.82, 2.24) is 20.5 Å². The largest absolute Gasteiger partial charge is 0.374 e. The Bertz CT molecular complexity index is 508. The van der Waals surface area contributed by atoms with Gasteiger partial charge in [0, 0.05) is 38.1 Å². The second kappa shape index (κ2) is 11.2. The molecule has 24 heavy (non-hydrogen) atoms. The number of thiazole rings is 1. The number of hydrogen-bond donors (Lipinski definition) is 2. The molecule has 0 spiro atoms. The zero-order valence-electron chi connectivity index (χ0n) is 15.0. The van der Waals surface area contributed by atoms with Crippen molar-refractivity contribution in [2.24, 2.45) is 10.9 Å². The summed E-state index contributed by atoms with van der Waals surface area (Å²) >= 11 is 1.67. The van der Waals surface area contributed by atoms with Gasteiger partial charge in [0.15, 0.2) is 5.96 Å². The Kier molecular flexibility index (Phi) is 10.1. The molecular weight excluding hydrogens is 437 g/mol. The Morgan fingerprint density at radius 3 is 2.92 bits per heavy atom. The minimum atomic E-state index is 0. The van der Waals surface area contributed by atoms with E-state index in [9.17, 15) is 0 Å². The zero-order chi connectivity index (χ0) is 16.7. The highest BCUT2D eigenvalue weighted by Crippen LogP contribution is 2.11. The Labute approximate surface area is 166 Å². The van der Waals surface area contributed by atoms with Gasteiger partial charge in [-0.25, -0.2) is 4.98 Å². The lowest BCUT2D eigenvalue weighted by atomic mass is 10.2. The van der Waals surface area contributed by atoms with Crippen molar-refractivity contribution in [3.8, 4) is 0 Å². The highest BCUT2D eigenvalue weighted by Gasteiger charge is 2.21. The molecule has 1 saturated heterocycles. The molecule has 1 fully saturated rings. The van der Waals surface area contributed by atoms with Gasteiger partial charge in [-0.15, -0.1) is 35.3 Å². The van der Waals surface area contributed by atoms with Crippen LogP contribution in [0.1, 0.15) is 24.4 Å². The van der Waals surface area contributed by atoms with Gasteiger partial charge in [0.25, 0.3) is 0 Å². The number of ether oxygens (including phenoxy) is 1. The summed E-state index contributed by atoms with van der Waals surface area (Å²) in [5.41, 5.74) is 2.96. The lowest BCUT2D eigenvalue weighted by Crippen LogP contribution is -2.50. The van der Waals surface area contributed by atoms with Gasteiger partial charge in [-0.3, -0.25) is 9.89 Å². The number of aromatic nitrogens is 1. The maximum absolute atomic E-state index is 5.86. The number of rotatable bonds is 6. The maximum Gasteiger partial charge on any atom is 0.191 e. The molecule has 1 aromatic rings. The average Bonchev–Trinajstić information content (AvgIpc) is 2.92. The molecule has 1 unspecified atom stereocenters. The Hall–Kier alpha value is -0.450. The third kappa shape index (κ3) is 7.20. The van der Waals surface area contributed by atoms with E-state index in [2.05, 4.69) is 39.4 Å². The van der Waals surface area contributed by atoms with E-state index in [1.807, 2.05) is 12.4 Å². The van der Waals surface area contributed by atoms with E-state index < -0.39 is 0 Å². The van der Waals surface area contributed by atoms with Crippen molar-refractivity contribution < 1.29 is 4.74 Å². The molecular formula is C16H30IN5OS. The second-order valence-electron chi connectivity index (χ2n) is 6.31. The van der Waals surface area contributed by atoms with Crippen molar-refractivity contribution in [2.45, 2.75) is 33.4 Å². The molecule has 1 atom stereocenters. The summed E-state index contributed by atoms with van der Waals surface area (Å²) in [6, 6.07) is 0. The van der Waals surface area contributed by atoms with Crippen LogP contribution in [0.15, 0.2) is 10.5 Å². The van der Waals surface area contributed by atoms with Gasteiger partial charge in [-0.1, -0.05) is 13.8 Å². The van der Waals surface area contributed by atoms with E-state index in [0.717, 1.165) is 51.0 Å². The molecule has 1 aliphatic rings. The van der Waals surface area contributed by atoms with Crippen LogP contribution in [-0.4, -0.2) is 61.8 Å². The monoisotopic (exact) mass is 467 g/mol. The topological polar surface area (TPSA) is 61.8 Å². The van der Waals surface area contributed by atoms with E-state index in [4.69, 9.17) is 4.74 Å². The van der Waals surface area contributed by atoms with Crippen LogP contribution in [0.2, 0.25) is 0 Å². The van der Waals surface area contributed by atoms with E-state index in [1.54, 1.807) is 18.4 Å². The summed E-state index contributed by atoms with van der Waals surface area (Å²) in [6.45, 7) is 12.0. The fourth-order valence-electron chi connectivity index (χ4n) is 2.68. The van der Waals surface area contributed by atoms with Crippen LogP contribution in [0.5, 0.6) is 0 Å². The number of aryl methyl sites for hydroxylation is 1. The van der Waals surface area contributed by atoms with Crippen molar-refractivity contribution in [2.75, 3.05) is 39.8 Å². The number of guanidine groups is 1. The molecule has 1 aliphatic heterocycles. The van der Waals surface area contributed by atoms with Gasteiger partial charge in [0.05, 0.1) is 30.5 Å². The summed E-state index contributed by atoms with van der Waals surface area (Å²) in [6.07, 6.45) is 0.214. The zero-order valence-corrected chi connectivity index (χ0v) is 18.2. The first-order chi connectivity index (χ1) is 11.1. The molecule has 0 bridgehead atoms. The van der Waals surface area contributed by atoms with Crippen molar-refractivity contribution in [1.29, 1.82) is 0 Å². The molecule has 138 valence electrons. The predicted molar refractivity (Wildman–Crippen MR) is 111 cm³/mol. The van der Waals surface area contributed by atoms with Crippen molar-refractivity contribution in [3.63, 3.8) is 0 Å². The molecule has 6 nitrogen and oxygen atoms in total. The predicted octanol–water partition coefficient (Wildman–Crippen LogP) is 2.09. The van der Waals surface area contributed by atoms with E-state index >= 15 is 0 Å². The van der Waals surface area contributed by atoms with Crippen LogP contribution in [0.25, 0.3) is 0 Å². The van der Waals surface area contributed by atoms with E-state index in [1.165, 1.54) is 4.88 Å². The molecule has 0 radical (unpaired) electrons. The van der Waals surface area contributed by atoms with Gasteiger partial charge in [0.2, 0.25) is 0 Å². The second-order valence-corrected chi connectivity index (χ2v) is 7.25. The minimum absolute atomic E-state index is 0. The Balaban J connectivity index is 0.00000288. The molecule has 0 aromatic carbocycles. The number of nitrogens with zero attached hydrogens (tertiary/aromatic N) is 3. The standard InChI is InChI=1S/C16H29N5OS.HI/c1-12(2)9-21-5-6-22-14(10-21)7-18-16(17-4)19-8-15-13(3)20-11-23-15;/h11-12,14H,5-10H2,1-4H3,(H2,17,18,19);1H. The molecule has 0 amide bonds. The summed E-state index contributed by atoms with van der Waals surface area (Å²) < 4.78 is 5.86. The molecule has 0 saturated carbocycles. The summed E-state index contributed by atoms with van der Waals surface area (Å²) in [5, 5.41) is 6.70. The normalized spacial score (nSPS) is 19.2. The van der Waals surface area contributed by atoms with Gasteiger partial charge < -0.3 is 15.4 Å². The first kappa shape index (κ1) is 21.6. The first-order valence-electron chi connectivity index (χ1n) is 8.26. The van der Waals surface area contributed by atoms with Gasteiger partial charge in [-0.2, -0.15) is 0 Å². The van der Waals surface area contributed by atoms with Crippen LogP contribution >= 0.6 is 35.3 Å². The molecule has 1 aromatic heterocycles. The van der Waals surface area contributed by atoms with Crippen LogP contribution in [0.3, 0.4) is 0 Å². The number of aliphatic imine (C=N–C) groups is 1. The van der Waals surface area contributed by atoms with Crippen molar-refractivity contribution in [3.05, 3.63) is 16.1 Å². The summed E-state index contributed by atoms with van der Waals surface area (Å²) in [5.74, 6) is 1.50. The molecule has 2 N–H and O–H groups in total. The van der Waals surface area contributed by atoms with E-state index in [-0.39, 0.29) is 30.1 Å². The summed E-state index contributed by atoms with van der Waals surface area (Å²) in [4.78, 5) is 12.3. The van der Waals surface area contributed by atoms with Crippen molar-refractivity contribution >= 4 is 41.3 Å². The molecule has 2 heterocycles. The summed E-state index contributed by atoms with van der Waals surface area (Å²) in [7, 11) is 1.79. The highest BCUT2D eigenvalue weighted by molar-refractivity contribution is 14.0. The lowest BCUT2D eigenvalue weighted by molar-refractivity contribution is -0.0284. The molecule has 8 heteroatoms. The van der Waals surface area contributed by atoms with Gasteiger partial charge in [0.1, 0.15) is 0 Å². The maximum atomic E-state index is 5.86. The SMILES string of the molecule is CN=C(NCc1scnc1C)NCC1CN(CC(C)C)CCO1.I. The third-order valence-electron chi connectivity index (χ3n) is 3.83. The molecule has 2 rings (SSSR count). The Morgan fingerprint density at radius 1 is 1.50 bits per heavy atom. The van der Waals surface area contributed by atoms with Crippen LogP contribution in [-0.2, 0) is 11.3 Å². The fourth-order valence-corrected chi connectivity index (χ4v) is 3.39. The number of hydrogen-bond acceptors (Lipinski definition) is 5. The smallest absolute Gasteiger partial charge is 0.191 e. The third-order valence-corrected chi connectivity index (χ3v) is 4.76. The molecule has 0 aliphatic carbocycles. The Morgan fingerprint density at radius 2 is 2.29 bits per heavy atom. The number of halogens is 1. The van der Waals surface area contributed by atoms with Gasteiger partial charge in [-0.05, 0) is 12.8 Å². The van der Waals surface area contributed by atoms with Crippen LogP contribution in [0, 0.1) is 12.8 Å². The van der Waals surface area contributed by atoms with E-state index in [0.29, 0.717) is 5.92 Å². The lowest BCUT2D eigenvalue weighted by Gasteiger charge is -2.34. The average molecular weight is 467 g/mol. The van der Waals surface area contributed by atoms with Crippen LogP contribution < -0.4 is 10.6 Å². The fraction of sp³-hybridized carbons (Fsp3) is 0.750. The number of morpholine rings is 1. The highest BCUT2D eigenvalue weighted by atomic mass is 127. The number of nitrogens with one attached hydrogen (secondary N) is 2. The minimum Gasteiger partial charge on any atom is -0.374 e. The van der Waals surface area contributed by atoms with Gasteiger partial charge >= 0.3 is 0 Å². The van der Waals surface area contributed by atoms with Crippen LogP contribution in [0.4, 0.5) is 0 Å².